The predicted molar refractivity (Wildman–Crippen MR) is 93.1 cm³/mol. The smallest absolute Gasteiger partial charge is 0.335 e. The summed E-state index contributed by atoms with van der Waals surface area (Å²) in [6.07, 6.45) is -8.01. The molecule has 0 aromatic rings. The maximum Gasteiger partial charge on any atom is 0.335 e. The molecule has 0 unspecified atom stereocenters. The van der Waals surface area contributed by atoms with E-state index in [2.05, 4.69) is 0 Å². The number of carbonyl (C=O) groups is 2. The van der Waals surface area contributed by atoms with Crippen LogP contribution in [0.15, 0.2) is 23.5 Å². The van der Waals surface area contributed by atoms with Gasteiger partial charge in [0.25, 0.3) is 0 Å². The van der Waals surface area contributed by atoms with Crippen LogP contribution in [0, 0.1) is 11.8 Å². The number of carbonyl (C=O) groups excluding carboxylic acids is 1. The van der Waals surface area contributed by atoms with E-state index in [0.717, 1.165) is 6.26 Å². The van der Waals surface area contributed by atoms with E-state index >= 15 is 0 Å². The number of fused-ring (bicyclic) bond motifs is 1. The van der Waals surface area contributed by atoms with Crippen molar-refractivity contribution in [2.24, 2.45) is 11.8 Å². The highest BCUT2D eigenvalue weighted by molar-refractivity contribution is 5.87. The largest absolute Gasteiger partial charge is 0.478 e. The second-order valence-corrected chi connectivity index (χ2v) is 7.28. The molecular weight excluding hydrogens is 408 g/mol. The topological polar surface area (TPSA) is 192 Å². The van der Waals surface area contributed by atoms with Crippen molar-refractivity contribution in [1.29, 1.82) is 0 Å². The number of aliphatic carboxylic acids is 1. The van der Waals surface area contributed by atoms with Crippen molar-refractivity contribution in [3.63, 3.8) is 0 Å². The molecule has 0 aromatic heterocycles. The Kier molecular flexibility index (Phi) is 6.77. The van der Waals surface area contributed by atoms with E-state index in [1.54, 1.807) is 0 Å². The number of hydrogen-bond donors (Lipinski definition) is 6. The van der Waals surface area contributed by atoms with Gasteiger partial charge in [0.2, 0.25) is 6.29 Å². The van der Waals surface area contributed by atoms with Crippen LogP contribution in [0.1, 0.15) is 6.92 Å². The van der Waals surface area contributed by atoms with Crippen molar-refractivity contribution < 1.29 is 59.2 Å². The van der Waals surface area contributed by atoms with E-state index in [-0.39, 0.29) is 12.2 Å². The molecule has 0 saturated carbocycles. The standard InChI is InChI=1S/C18H24O12/c1-6(20)27-4-7-2-9(21)12-8(16(25)26)5-28-17(11(7)12)30-18-15(24)14(23)13(22)10(3-19)29-18/h2,5,9-15,17-19,21-24H,3-4H2,1H3,(H,25,26)/t9-,10-,11+,12-,13-,14+,15-,17-,18+/m0/s1. The monoisotopic (exact) mass is 432 g/mol. The van der Waals surface area contributed by atoms with Gasteiger partial charge in [-0.3, -0.25) is 4.79 Å². The van der Waals surface area contributed by atoms with Gasteiger partial charge in [0.1, 0.15) is 31.0 Å². The van der Waals surface area contributed by atoms with Crippen LogP contribution in [0.4, 0.5) is 0 Å². The fourth-order valence-corrected chi connectivity index (χ4v) is 3.85. The summed E-state index contributed by atoms with van der Waals surface area (Å²) < 4.78 is 21.3. The van der Waals surface area contributed by atoms with Gasteiger partial charge >= 0.3 is 11.9 Å². The zero-order chi connectivity index (χ0) is 22.2. The van der Waals surface area contributed by atoms with Crippen molar-refractivity contribution in [2.45, 2.75) is 50.0 Å². The molecule has 9 atom stereocenters. The maximum absolute atomic E-state index is 11.6. The first-order valence-corrected chi connectivity index (χ1v) is 9.22. The number of aliphatic hydroxyl groups excluding tert-OH is 5. The number of carboxylic acid groups (broad SMARTS) is 1. The Balaban J connectivity index is 1.85. The molecule has 3 rings (SSSR count). The average Bonchev–Trinajstić information content (AvgIpc) is 3.03. The van der Waals surface area contributed by atoms with Crippen molar-refractivity contribution in [3.05, 3.63) is 23.5 Å². The summed E-state index contributed by atoms with van der Waals surface area (Å²) >= 11 is 0. The minimum Gasteiger partial charge on any atom is -0.478 e. The molecule has 2 heterocycles. The third kappa shape index (κ3) is 4.21. The van der Waals surface area contributed by atoms with E-state index in [0.29, 0.717) is 5.57 Å². The summed E-state index contributed by atoms with van der Waals surface area (Å²) in [4.78, 5) is 22.7. The Morgan fingerprint density at radius 1 is 1.07 bits per heavy atom. The second-order valence-electron chi connectivity index (χ2n) is 7.28. The maximum atomic E-state index is 11.6. The van der Waals surface area contributed by atoms with Gasteiger partial charge in [0.15, 0.2) is 6.29 Å². The molecule has 0 aromatic carbocycles. The molecule has 3 aliphatic rings. The minimum absolute atomic E-state index is 0.227. The Bertz CT molecular complexity index is 731. The van der Waals surface area contributed by atoms with Crippen molar-refractivity contribution >= 4 is 11.9 Å². The summed E-state index contributed by atoms with van der Waals surface area (Å²) in [5.41, 5.74) is 0.111. The lowest BCUT2D eigenvalue weighted by Gasteiger charge is -2.43. The van der Waals surface area contributed by atoms with E-state index < -0.39 is 73.5 Å². The lowest BCUT2D eigenvalue weighted by molar-refractivity contribution is -0.340. The summed E-state index contributed by atoms with van der Waals surface area (Å²) in [7, 11) is 0. The number of ether oxygens (including phenoxy) is 4. The number of aliphatic hydroxyl groups is 5. The Morgan fingerprint density at radius 3 is 2.37 bits per heavy atom. The highest BCUT2D eigenvalue weighted by Gasteiger charge is 2.52. The first kappa shape index (κ1) is 22.6. The van der Waals surface area contributed by atoms with Crippen LogP contribution < -0.4 is 0 Å². The zero-order valence-corrected chi connectivity index (χ0v) is 15.9. The molecule has 0 radical (unpaired) electrons. The van der Waals surface area contributed by atoms with Gasteiger partial charge in [-0.05, 0) is 5.57 Å². The normalized spacial score (nSPS) is 40.7. The molecule has 1 saturated heterocycles. The predicted octanol–water partition coefficient (Wildman–Crippen LogP) is -2.78. The summed E-state index contributed by atoms with van der Waals surface area (Å²) in [6, 6.07) is 0. The van der Waals surface area contributed by atoms with Crippen LogP contribution in [-0.2, 0) is 28.5 Å². The van der Waals surface area contributed by atoms with Gasteiger partial charge in [0, 0.05) is 12.8 Å². The molecule has 6 N–H and O–H groups in total. The van der Waals surface area contributed by atoms with Crippen molar-refractivity contribution in [1.82, 2.24) is 0 Å². The molecule has 1 aliphatic carbocycles. The minimum atomic E-state index is -1.71. The molecule has 12 nitrogen and oxygen atoms in total. The lowest BCUT2D eigenvalue weighted by Crippen LogP contribution is -2.60. The highest BCUT2D eigenvalue weighted by Crippen LogP contribution is 2.44. The van der Waals surface area contributed by atoms with Crippen molar-refractivity contribution in [3.8, 4) is 0 Å². The van der Waals surface area contributed by atoms with E-state index in [1.165, 1.54) is 13.0 Å². The number of carboxylic acids is 1. The molecule has 0 amide bonds. The first-order valence-electron chi connectivity index (χ1n) is 9.22. The van der Waals surface area contributed by atoms with Gasteiger partial charge in [-0.2, -0.15) is 0 Å². The zero-order valence-electron chi connectivity index (χ0n) is 15.9. The number of esters is 1. The van der Waals surface area contributed by atoms with Crippen LogP contribution >= 0.6 is 0 Å². The first-order chi connectivity index (χ1) is 14.1. The van der Waals surface area contributed by atoms with Crippen LogP contribution in [0.25, 0.3) is 0 Å². The van der Waals surface area contributed by atoms with Gasteiger partial charge in [0.05, 0.1) is 30.5 Å². The average molecular weight is 432 g/mol. The fraction of sp³-hybridized carbons (Fsp3) is 0.667. The molecule has 2 aliphatic heterocycles. The van der Waals surface area contributed by atoms with Crippen LogP contribution in [0.5, 0.6) is 0 Å². The Morgan fingerprint density at radius 2 is 1.77 bits per heavy atom. The van der Waals surface area contributed by atoms with Gasteiger partial charge < -0.3 is 49.6 Å². The van der Waals surface area contributed by atoms with Gasteiger partial charge in [-0.25, -0.2) is 4.79 Å². The molecule has 12 heteroatoms. The van der Waals surface area contributed by atoms with E-state index in [4.69, 9.17) is 18.9 Å². The van der Waals surface area contributed by atoms with Crippen LogP contribution in [0.2, 0.25) is 0 Å². The number of rotatable bonds is 6. The molecule has 1 fully saturated rings. The van der Waals surface area contributed by atoms with E-state index in [1.807, 2.05) is 0 Å². The van der Waals surface area contributed by atoms with Gasteiger partial charge in [-0.1, -0.05) is 6.08 Å². The van der Waals surface area contributed by atoms with E-state index in [9.17, 15) is 40.2 Å². The van der Waals surface area contributed by atoms with Crippen LogP contribution in [-0.4, -0.2) is 98.9 Å². The quantitative estimate of drug-likeness (QED) is 0.187. The molecule has 0 bridgehead atoms. The SMILES string of the molecule is CC(=O)OCC1=C[C@H](O)[C@@H]2C(C(=O)O)=CO[C@@H](O[C@H]3O[C@@H](CO)[C@H](O)[C@@H](O)[C@@H]3O)[C@H]12. The molecule has 168 valence electrons. The highest BCUT2D eigenvalue weighted by atomic mass is 16.8. The van der Waals surface area contributed by atoms with Crippen LogP contribution in [0.3, 0.4) is 0 Å². The molecule has 0 spiro atoms. The number of hydrogen-bond acceptors (Lipinski definition) is 11. The Hall–Kier alpha value is -2.06. The third-order valence-corrected chi connectivity index (χ3v) is 5.36. The summed E-state index contributed by atoms with van der Waals surface area (Å²) in [5, 5.41) is 59.1. The van der Waals surface area contributed by atoms with Crippen molar-refractivity contribution in [2.75, 3.05) is 13.2 Å². The lowest BCUT2D eigenvalue weighted by atomic mass is 9.82. The fourth-order valence-electron chi connectivity index (χ4n) is 3.85. The Labute approximate surface area is 170 Å². The van der Waals surface area contributed by atoms with Gasteiger partial charge in [-0.15, -0.1) is 0 Å². The summed E-state index contributed by atoms with van der Waals surface area (Å²) in [5.74, 6) is -3.82. The second kappa shape index (κ2) is 8.98. The third-order valence-electron chi connectivity index (χ3n) is 5.36. The molecule has 30 heavy (non-hydrogen) atoms. The molecular formula is C18H24O12. The summed E-state index contributed by atoms with van der Waals surface area (Å²) in [6.45, 7) is 0.269.